The molecule has 0 unspecified atom stereocenters. The fourth-order valence-corrected chi connectivity index (χ4v) is 4.47. The average Bonchev–Trinajstić information content (AvgIpc) is 3.55. The minimum Gasteiger partial charge on any atom is -0.440 e. The molecule has 0 amide bonds. The molecule has 5 aromatic rings. The van der Waals surface area contributed by atoms with E-state index in [2.05, 4.69) is 14.8 Å². The maximum atomic E-state index is 14.7. The summed E-state index contributed by atoms with van der Waals surface area (Å²) < 4.78 is 103. The number of aliphatic hydroxyl groups excluding tert-OH is 1. The third-order valence-corrected chi connectivity index (χ3v) is 6.37. The van der Waals surface area contributed by atoms with Crippen LogP contribution in [-0.4, -0.2) is 26.2 Å². The molecular formula is C29H20F7N3O3. The van der Waals surface area contributed by atoms with E-state index in [1.54, 1.807) is 25.1 Å². The topological polar surface area (TPSA) is 73.3 Å². The van der Waals surface area contributed by atoms with E-state index in [4.69, 9.17) is 4.42 Å². The first-order valence-electron chi connectivity index (χ1n) is 12.2. The van der Waals surface area contributed by atoms with E-state index in [1.807, 2.05) is 0 Å². The molecule has 0 aliphatic heterocycles. The molecule has 2 aromatic heterocycles. The molecule has 0 saturated carbocycles. The molecule has 0 fully saturated rings. The molecule has 5 rings (SSSR count). The van der Waals surface area contributed by atoms with Gasteiger partial charge in [0, 0.05) is 29.8 Å². The van der Waals surface area contributed by atoms with Gasteiger partial charge in [0.05, 0.1) is 12.3 Å². The Morgan fingerprint density at radius 1 is 0.881 bits per heavy atom. The third kappa shape index (κ3) is 5.86. The lowest BCUT2D eigenvalue weighted by Gasteiger charge is -2.14. The van der Waals surface area contributed by atoms with Gasteiger partial charge in [0.15, 0.2) is 17.3 Å². The van der Waals surface area contributed by atoms with Crippen molar-refractivity contribution in [3.05, 3.63) is 95.4 Å². The first kappa shape index (κ1) is 28.9. The highest BCUT2D eigenvalue weighted by atomic mass is 19.4. The van der Waals surface area contributed by atoms with E-state index in [9.17, 15) is 35.8 Å². The van der Waals surface area contributed by atoms with E-state index in [0.29, 0.717) is 22.3 Å². The highest BCUT2D eigenvalue weighted by molar-refractivity contribution is 5.85. The van der Waals surface area contributed by atoms with Crippen LogP contribution in [0.25, 0.3) is 39.4 Å². The number of halogens is 7. The summed E-state index contributed by atoms with van der Waals surface area (Å²) in [6.07, 6.45) is -8.48. The molecule has 1 N–H and O–H groups in total. The fraction of sp³-hybridized carbons (Fsp3) is 0.172. The van der Waals surface area contributed by atoms with Gasteiger partial charge in [0.25, 0.3) is 0 Å². The molecule has 0 radical (unpaired) electrons. The predicted molar refractivity (Wildman–Crippen MR) is 137 cm³/mol. The lowest BCUT2D eigenvalue weighted by Crippen LogP contribution is -2.16. The van der Waals surface area contributed by atoms with Gasteiger partial charge in [0.1, 0.15) is 17.3 Å². The van der Waals surface area contributed by atoms with E-state index in [0.717, 1.165) is 29.1 Å². The lowest BCUT2D eigenvalue weighted by atomic mass is 9.96. The summed E-state index contributed by atoms with van der Waals surface area (Å²) >= 11 is 0. The van der Waals surface area contributed by atoms with Crippen LogP contribution in [-0.2, 0) is 12.8 Å². The number of alkyl halides is 6. The van der Waals surface area contributed by atoms with Crippen LogP contribution in [0.3, 0.4) is 0 Å². The van der Waals surface area contributed by atoms with Crippen LogP contribution < -0.4 is 4.74 Å². The van der Waals surface area contributed by atoms with Gasteiger partial charge in [-0.2, -0.15) is 18.3 Å². The summed E-state index contributed by atoms with van der Waals surface area (Å²) in [5.74, 6) is -0.854. The van der Waals surface area contributed by atoms with Gasteiger partial charge < -0.3 is 14.3 Å². The molecule has 0 saturated heterocycles. The number of benzene rings is 3. The zero-order valence-electron chi connectivity index (χ0n) is 21.8. The monoisotopic (exact) mass is 591 g/mol. The Bertz CT molecular complexity index is 1730. The molecule has 0 atom stereocenters. The first-order valence-corrected chi connectivity index (χ1v) is 12.2. The van der Waals surface area contributed by atoms with Crippen LogP contribution in [0.1, 0.15) is 22.7 Å². The highest BCUT2D eigenvalue weighted by Gasteiger charge is 2.34. The summed E-state index contributed by atoms with van der Waals surface area (Å²) in [6.45, 7) is 2.65. The molecule has 2 heterocycles. The SMILES string of the molecule is Cc1nc(-c2ccc(OC(F)(F)F)cc2)c(-c2cc(-c3cc(C)c(CO)c(F)c3)ccc2-n2ccc(C(F)(F)F)n2)o1. The van der Waals surface area contributed by atoms with Crippen molar-refractivity contribution < 1.29 is 45.0 Å². The molecule has 3 aromatic carbocycles. The van der Waals surface area contributed by atoms with Gasteiger partial charge in [-0.25, -0.2) is 14.1 Å². The van der Waals surface area contributed by atoms with Crippen LogP contribution in [0.15, 0.2) is 71.3 Å². The van der Waals surface area contributed by atoms with Crippen molar-refractivity contribution >= 4 is 0 Å². The molecule has 42 heavy (non-hydrogen) atoms. The second-order valence-corrected chi connectivity index (χ2v) is 9.27. The predicted octanol–water partition coefficient (Wildman–Crippen LogP) is 8.03. The second-order valence-electron chi connectivity index (χ2n) is 9.27. The Morgan fingerprint density at radius 3 is 2.17 bits per heavy atom. The van der Waals surface area contributed by atoms with E-state index < -0.39 is 36.4 Å². The van der Waals surface area contributed by atoms with Crippen molar-refractivity contribution in [3.63, 3.8) is 0 Å². The maximum absolute atomic E-state index is 14.7. The number of rotatable bonds is 6. The summed E-state index contributed by atoms with van der Waals surface area (Å²) in [6, 6.07) is 13.1. The largest absolute Gasteiger partial charge is 0.573 e. The quantitative estimate of drug-likeness (QED) is 0.203. The van der Waals surface area contributed by atoms with Crippen molar-refractivity contribution in [1.29, 1.82) is 0 Å². The number of nitrogens with zero attached hydrogens (tertiary/aromatic N) is 3. The van der Waals surface area contributed by atoms with Crippen LogP contribution >= 0.6 is 0 Å². The minimum atomic E-state index is -4.89. The van der Waals surface area contributed by atoms with Gasteiger partial charge in [-0.05, 0) is 72.1 Å². The number of aromatic nitrogens is 3. The summed E-state index contributed by atoms with van der Waals surface area (Å²) in [5.41, 5.74) is 1.24. The standard InChI is InChI=1S/C29H20F7N3O3/c1-15-11-19(13-23(30)22(15)14-40)18-5-8-24(39-10-9-25(38-39)28(31,32)33)21(12-18)27-26(37-16(2)41-27)17-3-6-20(7-4-17)42-29(34,35)36/h3-13,40H,14H2,1-2H3. The Balaban J connectivity index is 1.69. The van der Waals surface area contributed by atoms with Gasteiger partial charge >= 0.3 is 12.5 Å². The van der Waals surface area contributed by atoms with E-state index in [1.165, 1.54) is 31.2 Å². The normalized spacial score (nSPS) is 12.1. The molecule has 0 spiro atoms. The Morgan fingerprint density at radius 2 is 1.57 bits per heavy atom. The fourth-order valence-electron chi connectivity index (χ4n) is 4.47. The first-order chi connectivity index (χ1) is 19.7. The second kappa shape index (κ2) is 10.6. The molecule has 218 valence electrons. The van der Waals surface area contributed by atoms with Crippen molar-refractivity contribution in [3.8, 4) is 45.1 Å². The summed E-state index contributed by atoms with van der Waals surface area (Å²) in [4.78, 5) is 4.37. The zero-order chi connectivity index (χ0) is 30.4. The Kier molecular flexibility index (Phi) is 7.31. The van der Waals surface area contributed by atoms with Crippen LogP contribution in [0.5, 0.6) is 5.75 Å². The van der Waals surface area contributed by atoms with E-state index >= 15 is 0 Å². The molecule has 0 aliphatic rings. The Hall–Kier alpha value is -4.65. The van der Waals surface area contributed by atoms with Crippen molar-refractivity contribution in [2.75, 3.05) is 0 Å². The van der Waals surface area contributed by atoms with Crippen molar-refractivity contribution in [2.24, 2.45) is 0 Å². The highest BCUT2D eigenvalue weighted by Crippen LogP contribution is 2.40. The number of hydrogen-bond acceptors (Lipinski definition) is 5. The number of aliphatic hydroxyl groups is 1. The number of aryl methyl sites for hydroxylation is 2. The van der Waals surface area contributed by atoms with E-state index in [-0.39, 0.29) is 34.2 Å². The Labute approximate surface area is 233 Å². The van der Waals surface area contributed by atoms with Crippen molar-refractivity contribution in [2.45, 2.75) is 33.0 Å². The van der Waals surface area contributed by atoms with Crippen LogP contribution in [0.4, 0.5) is 30.7 Å². The molecule has 0 aliphatic carbocycles. The number of oxazole rings is 1. The van der Waals surface area contributed by atoms with Gasteiger partial charge in [-0.3, -0.25) is 0 Å². The van der Waals surface area contributed by atoms with Gasteiger partial charge in [0.2, 0.25) is 0 Å². The summed E-state index contributed by atoms with van der Waals surface area (Å²) in [7, 11) is 0. The zero-order valence-corrected chi connectivity index (χ0v) is 21.8. The van der Waals surface area contributed by atoms with Gasteiger partial charge in [-0.15, -0.1) is 13.2 Å². The lowest BCUT2D eigenvalue weighted by molar-refractivity contribution is -0.274. The average molecular weight is 591 g/mol. The number of ether oxygens (including phenoxy) is 1. The molecular weight excluding hydrogens is 571 g/mol. The third-order valence-electron chi connectivity index (χ3n) is 6.37. The number of hydrogen-bond donors (Lipinski definition) is 1. The van der Waals surface area contributed by atoms with Gasteiger partial charge in [-0.1, -0.05) is 12.1 Å². The van der Waals surface area contributed by atoms with Crippen LogP contribution in [0.2, 0.25) is 0 Å². The molecule has 6 nitrogen and oxygen atoms in total. The van der Waals surface area contributed by atoms with Crippen molar-refractivity contribution in [1.82, 2.24) is 14.8 Å². The van der Waals surface area contributed by atoms with Crippen LogP contribution in [0, 0.1) is 19.7 Å². The molecule has 0 bridgehead atoms. The summed E-state index contributed by atoms with van der Waals surface area (Å²) in [5, 5.41) is 13.1. The smallest absolute Gasteiger partial charge is 0.440 e. The molecule has 13 heteroatoms. The minimum absolute atomic E-state index is 0.0853. The maximum Gasteiger partial charge on any atom is 0.573 e.